The topological polar surface area (TPSA) is 101 Å². The van der Waals surface area contributed by atoms with Crippen molar-refractivity contribution in [2.75, 3.05) is 31.1 Å². The Morgan fingerprint density at radius 1 is 1.27 bits per heavy atom. The number of rotatable bonds is 4. The monoisotopic (exact) mass is 414 g/mol. The molecule has 4 unspecified atom stereocenters. The number of alkyl halides is 1. The number of anilines is 1. The largest absolute Gasteiger partial charge is 0.353 e. The molecular weight excluding hydrogens is 387 g/mol. The molecule has 9 heteroatoms. The second-order valence-corrected chi connectivity index (χ2v) is 8.23. The lowest BCUT2D eigenvalue weighted by Crippen LogP contribution is -2.65. The third-order valence-electron chi connectivity index (χ3n) is 6.35. The summed E-state index contributed by atoms with van der Waals surface area (Å²) in [5.41, 5.74) is 0.523. The Bertz CT molecular complexity index is 818. The fourth-order valence-electron chi connectivity index (χ4n) is 4.62. The van der Waals surface area contributed by atoms with E-state index in [2.05, 4.69) is 26.6 Å². The predicted octanol–water partition coefficient (Wildman–Crippen LogP) is 0.934. The molecule has 30 heavy (non-hydrogen) atoms. The van der Waals surface area contributed by atoms with Crippen LogP contribution in [0, 0.1) is 17.2 Å². The van der Waals surface area contributed by atoms with Gasteiger partial charge in [-0.1, -0.05) is 0 Å². The van der Waals surface area contributed by atoms with Gasteiger partial charge < -0.3 is 15.1 Å². The van der Waals surface area contributed by atoms with Crippen LogP contribution in [0.5, 0.6) is 0 Å². The smallest absolute Gasteiger partial charge is 0.226 e. The molecule has 0 aromatic carbocycles. The average molecular weight is 414 g/mol. The molecule has 1 saturated carbocycles. The van der Waals surface area contributed by atoms with E-state index in [1.54, 1.807) is 12.3 Å². The number of halogens is 1. The molecule has 0 bridgehead atoms. The summed E-state index contributed by atoms with van der Waals surface area (Å²) in [6.45, 7) is 2.55. The summed E-state index contributed by atoms with van der Waals surface area (Å²) in [5, 5.41) is 15.0. The normalized spacial score (nSPS) is 29.0. The Balaban J connectivity index is 1.24. The predicted molar refractivity (Wildman–Crippen MR) is 108 cm³/mol. The summed E-state index contributed by atoms with van der Waals surface area (Å²) in [4.78, 5) is 33.2. The van der Waals surface area contributed by atoms with Crippen LogP contribution < -0.4 is 15.5 Å². The number of fused-ring (bicyclic) bond motifs is 1. The number of nitrogens with one attached hydrogen (secondary N) is 2. The van der Waals surface area contributed by atoms with E-state index in [1.807, 2.05) is 11.0 Å². The summed E-state index contributed by atoms with van der Waals surface area (Å²) in [6, 6.07) is 5.18. The maximum absolute atomic E-state index is 14.2. The highest BCUT2D eigenvalue weighted by atomic mass is 19.1. The summed E-state index contributed by atoms with van der Waals surface area (Å²) in [5.74, 6) is 0.450. The molecule has 1 aliphatic carbocycles. The fraction of sp³-hybridized carbons (Fsp3) is 0.619. The van der Waals surface area contributed by atoms with Crippen LogP contribution in [-0.2, 0) is 9.59 Å². The van der Waals surface area contributed by atoms with Gasteiger partial charge in [0.05, 0.1) is 23.7 Å². The molecule has 2 N–H and O–H groups in total. The van der Waals surface area contributed by atoms with Crippen LogP contribution in [0.3, 0.4) is 0 Å². The zero-order chi connectivity index (χ0) is 21.1. The number of amides is 2. The first-order valence-electron chi connectivity index (χ1n) is 10.6. The van der Waals surface area contributed by atoms with Gasteiger partial charge in [0, 0.05) is 38.8 Å². The highest BCUT2D eigenvalue weighted by Gasteiger charge is 2.42. The van der Waals surface area contributed by atoms with Crippen molar-refractivity contribution in [1.82, 2.24) is 20.5 Å². The van der Waals surface area contributed by atoms with Gasteiger partial charge in [0.2, 0.25) is 11.8 Å². The second kappa shape index (κ2) is 8.96. The maximum Gasteiger partial charge on any atom is 0.226 e. The van der Waals surface area contributed by atoms with E-state index in [0.717, 1.165) is 12.2 Å². The van der Waals surface area contributed by atoms with Crippen molar-refractivity contribution in [2.45, 2.75) is 50.5 Å². The van der Waals surface area contributed by atoms with Crippen molar-refractivity contribution < 1.29 is 14.0 Å². The lowest BCUT2D eigenvalue weighted by Gasteiger charge is -2.42. The van der Waals surface area contributed by atoms with Crippen LogP contribution in [0.4, 0.5) is 10.2 Å². The van der Waals surface area contributed by atoms with Crippen LogP contribution in [0.25, 0.3) is 0 Å². The van der Waals surface area contributed by atoms with Crippen molar-refractivity contribution in [1.29, 1.82) is 5.26 Å². The quantitative estimate of drug-likeness (QED) is 0.760. The molecule has 4 atom stereocenters. The van der Waals surface area contributed by atoms with E-state index in [9.17, 15) is 14.0 Å². The number of carbonyl (C=O) groups excluding carboxylic acids is 2. The molecule has 2 aliphatic heterocycles. The zero-order valence-electron chi connectivity index (χ0n) is 16.9. The third-order valence-corrected chi connectivity index (χ3v) is 6.35. The molecule has 160 valence electrons. The molecule has 0 spiro atoms. The van der Waals surface area contributed by atoms with Crippen molar-refractivity contribution in [3.8, 4) is 6.07 Å². The highest BCUT2D eigenvalue weighted by molar-refractivity contribution is 5.81. The SMILES string of the molecule is N#Cc1ccc(N2CCN(C(=O)CCC3NC(=O)C4CCCC(F)C4N3)CC2)nc1. The Kier molecular flexibility index (Phi) is 6.13. The average Bonchev–Trinajstić information content (AvgIpc) is 2.78. The van der Waals surface area contributed by atoms with Crippen LogP contribution in [0.15, 0.2) is 18.3 Å². The summed E-state index contributed by atoms with van der Waals surface area (Å²) < 4.78 is 14.2. The van der Waals surface area contributed by atoms with E-state index < -0.39 is 12.2 Å². The highest BCUT2D eigenvalue weighted by Crippen LogP contribution is 2.30. The molecule has 1 aromatic rings. The number of hydrogen-bond acceptors (Lipinski definition) is 6. The van der Waals surface area contributed by atoms with Crippen molar-refractivity contribution in [3.63, 3.8) is 0 Å². The number of nitriles is 1. The number of hydrogen-bond donors (Lipinski definition) is 2. The molecule has 3 fully saturated rings. The molecule has 8 nitrogen and oxygen atoms in total. The Labute approximate surface area is 175 Å². The fourth-order valence-corrected chi connectivity index (χ4v) is 4.62. The van der Waals surface area contributed by atoms with Crippen molar-refractivity contribution in [2.24, 2.45) is 5.92 Å². The van der Waals surface area contributed by atoms with E-state index in [-0.39, 0.29) is 23.9 Å². The van der Waals surface area contributed by atoms with Gasteiger partial charge in [-0.3, -0.25) is 14.9 Å². The standard InChI is InChI=1S/C21H27FN6O2/c22-16-3-1-2-15-20(16)25-17(26-21(15)30)5-7-19(29)28-10-8-27(9-11-28)18-6-4-14(12-23)13-24-18/h4,6,13,15-17,20,25H,1-3,5,7-11H2,(H,26,30). The van der Waals surface area contributed by atoms with Crippen molar-refractivity contribution in [3.05, 3.63) is 23.9 Å². The van der Waals surface area contributed by atoms with Gasteiger partial charge in [-0.15, -0.1) is 0 Å². The first-order valence-corrected chi connectivity index (χ1v) is 10.6. The molecule has 4 rings (SSSR count). The minimum atomic E-state index is -1.00. The third kappa shape index (κ3) is 4.38. The van der Waals surface area contributed by atoms with Gasteiger partial charge in [0.25, 0.3) is 0 Å². The van der Waals surface area contributed by atoms with Crippen LogP contribution in [0.1, 0.15) is 37.7 Å². The molecule has 2 saturated heterocycles. The van der Waals surface area contributed by atoms with Gasteiger partial charge >= 0.3 is 0 Å². The number of aromatic nitrogens is 1. The van der Waals surface area contributed by atoms with Gasteiger partial charge in [0.1, 0.15) is 18.1 Å². The zero-order valence-corrected chi connectivity index (χ0v) is 16.9. The Hall–Kier alpha value is -2.73. The molecule has 3 heterocycles. The van der Waals surface area contributed by atoms with E-state index in [0.29, 0.717) is 57.4 Å². The lowest BCUT2D eigenvalue weighted by atomic mass is 9.81. The Morgan fingerprint density at radius 3 is 2.77 bits per heavy atom. The molecule has 0 radical (unpaired) electrons. The van der Waals surface area contributed by atoms with E-state index >= 15 is 0 Å². The number of carbonyl (C=O) groups is 2. The van der Waals surface area contributed by atoms with E-state index in [4.69, 9.17) is 5.26 Å². The summed E-state index contributed by atoms with van der Waals surface area (Å²) in [7, 11) is 0. The first-order chi connectivity index (χ1) is 14.5. The lowest BCUT2D eigenvalue weighted by molar-refractivity contribution is -0.135. The van der Waals surface area contributed by atoms with Crippen LogP contribution in [-0.4, -0.2) is 66.3 Å². The molecule has 1 aromatic heterocycles. The van der Waals surface area contributed by atoms with Crippen molar-refractivity contribution >= 4 is 17.6 Å². The second-order valence-electron chi connectivity index (χ2n) is 8.23. The molecular formula is C21H27FN6O2. The molecule has 3 aliphatic rings. The van der Waals surface area contributed by atoms with Crippen LogP contribution >= 0.6 is 0 Å². The molecule has 2 amide bonds. The minimum Gasteiger partial charge on any atom is -0.353 e. The minimum absolute atomic E-state index is 0.0426. The number of piperazine rings is 1. The van der Waals surface area contributed by atoms with Gasteiger partial charge in [-0.2, -0.15) is 5.26 Å². The van der Waals surface area contributed by atoms with Crippen LogP contribution in [0.2, 0.25) is 0 Å². The van der Waals surface area contributed by atoms with Gasteiger partial charge in [-0.05, 0) is 37.8 Å². The Morgan fingerprint density at radius 2 is 2.07 bits per heavy atom. The number of pyridine rings is 1. The van der Waals surface area contributed by atoms with Gasteiger partial charge in [-0.25, -0.2) is 9.37 Å². The van der Waals surface area contributed by atoms with Gasteiger partial charge in [0.15, 0.2) is 0 Å². The summed E-state index contributed by atoms with van der Waals surface area (Å²) >= 11 is 0. The maximum atomic E-state index is 14.2. The number of nitrogens with zero attached hydrogens (tertiary/aromatic N) is 4. The van der Waals surface area contributed by atoms with E-state index in [1.165, 1.54) is 0 Å². The summed E-state index contributed by atoms with van der Waals surface area (Å²) in [6.07, 6.45) is 2.90. The first kappa shape index (κ1) is 20.5.